The Morgan fingerprint density at radius 3 is 2.57 bits per heavy atom. The second-order valence-electron chi connectivity index (χ2n) is 4.88. The average molecular weight is 307 g/mol. The monoisotopic (exact) mass is 307 g/mol. The topological polar surface area (TPSA) is 72.0 Å². The smallest absolute Gasteiger partial charge is 0.323 e. The molecule has 21 heavy (non-hydrogen) atoms. The summed E-state index contributed by atoms with van der Waals surface area (Å²) in [6.07, 6.45) is 0.0176. The van der Waals surface area contributed by atoms with Crippen molar-refractivity contribution in [2.45, 2.75) is 39.8 Å². The van der Waals surface area contributed by atoms with Crippen LogP contribution < -0.4 is 15.4 Å². The molecule has 2 aromatic heterocycles. The van der Waals surface area contributed by atoms with E-state index in [0.29, 0.717) is 17.9 Å². The molecule has 0 radical (unpaired) electrons. The Balaban J connectivity index is 2.18. The van der Waals surface area contributed by atoms with E-state index in [1.165, 1.54) is 5.56 Å². The van der Waals surface area contributed by atoms with Crippen molar-refractivity contribution in [3.63, 3.8) is 0 Å². The normalized spacial score (nSPS) is 12.2. The first-order valence-electron chi connectivity index (χ1n) is 7.03. The van der Waals surface area contributed by atoms with Crippen LogP contribution in [0.3, 0.4) is 0 Å². The Hall–Kier alpha value is -1.89. The highest BCUT2D eigenvalue weighted by atomic mass is 32.1. The fourth-order valence-electron chi connectivity index (χ4n) is 1.72. The van der Waals surface area contributed by atoms with Gasteiger partial charge in [0.05, 0.1) is 12.1 Å². The Labute approximate surface area is 129 Å². The highest BCUT2D eigenvalue weighted by Gasteiger charge is 2.12. The predicted octanol–water partition coefficient (Wildman–Crippen LogP) is 3.33. The SMILES string of the molecule is CCNc1nc(NC(C)c2ccsc2)nc(OC(C)C)n1. The molecule has 0 aliphatic heterocycles. The highest BCUT2D eigenvalue weighted by Crippen LogP contribution is 2.21. The van der Waals surface area contributed by atoms with Crippen molar-refractivity contribution in [1.82, 2.24) is 15.0 Å². The van der Waals surface area contributed by atoms with Crippen LogP contribution in [0.5, 0.6) is 6.01 Å². The van der Waals surface area contributed by atoms with Crippen LogP contribution in [0.15, 0.2) is 16.8 Å². The summed E-state index contributed by atoms with van der Waals surface area (Å²) >= 11 is 1.67. The van der Waals surface area contributed by atoms with Gasteiger partial charge in [-0.2, -0.15) is 26.3 Å². The van der Waals surface area contributed by atoms with Crippen LogP contribution in [0, 0.1) is 0 Å². The minimum Gasteiger partial charge on any atom is -0.461 e. The Bertz CT molecular complexity index is 558. The standard InChI is InChI=1S/C14H21N5OS/c1-5-15-12-17-13(19-14(18-12)20-9(2)3)16-10(4)11-6-7-21-8-11/h6-10H,5H2,1-4H3,(H2,15,16,17,18,19). The molecule has 1 unspecified atom stereocenters. The fraction of sp³-hybridized carbons (Fsp3) is 0.500. The molecule has 2 aromatic rings. The second kappa shape index (κ2) is 7.21. The largest absolute Gasteiger partial charge is 0.461 e. The van der Waals surface area contributed by atoms with Gasteiger partial charge in [0.15, 0.2) is 0 Å². The molecule has 0 bridgehead atoms. The molecule has 0 amide bonds. The number of ether oxygens (including phenoxy) is 1. The van der Waals surface area contributed by atoms with Crippen molar-refractivity contribution in [2.75, 3.05) is 17.2 Å². The van der Waals surface area contributed by atoms with Crippen molar-refractivity contribution in [1.29, 1.82) is 0 Å². The van der Waals surface area contributed by atoms with Crippen LogP contribution in [0.1, 0.15) is 39.3 Å². The maximum atomic E-state index is 5.57. The highest BCUT2D eigenvalue weighted by molar-refractivity contribution is 7.07. The predicted molar refractivity (Wildman–Crippen MR) is 86.1 cm³/mol. The third-order valence-electron chi connectivity index (χ3n) is 2.68. The lowest BCUT2D eigenvalue weighted by Gasteiger charge is -2.15. The van der Waals surface area contributed by atoms with E-state index in [4.69, 9.17) is 4.74 Å². The molecule has 7 heteroatoms. The van der Waals surface area contributed by atoms with Crippen LogP contribution in [0.25, 0.3) is 0 Å². The third-order valence-corrected chi connectivity index (χ3v) is 3.38. The first-order chi connectivity index (χ1) is 10.1. The van der Waals surface area contributed by atoms with Crippen LogP contribution in [-0.2, 0) is 0 Å². The zero-order chi connectivity index (χ0) is 15.2. The van der Waals surface area contributed by atoms with E-state index >= 15 is 0 Å². The summed E-state index contributed by atoms with van der Waals surface area (Å²) in [6.45, 7) is 8.69. The van der Waals surface area contributed by atoms with E-state index in [1.807, 2.05) is 20.8 Å². The summed E-state index contributed by atoms with van der Waals surface area (Å²) in [5.41, 5.74) is 1.21. The van der Waals surface area contributed by atoms with Crippen molar-refractivity contribution < 1.29 is 4.74 Å². The Morgan fingerprint density at radius 2 is 1.95 bits per heavy atom. The van der Waals surface area contributed by atoms with Gasteiger partial charge in [0.2, 0.25) is 11.9 Å². The minimum atomic E-state index is 0.0176. The van der Waals surface area contributed by atoms with E-state index < -0.39 is 0 Å². The number of rotatable bonds is 7. The number of aromatic nitrogens is 3. The lowest BCUT2D eigenvalue weighted by Crippen LogP contribution is -2.15. The molecule has 114 valence electrons. The van der Waals surface area contributed by atoms with E-state index in [9.17, 15) is 0 Å². The van der Waals surface area contributed by atoms with Crippen molar-refractivity contribution in [2.24, 2.45) is 0 Å². The zero-order valence-corrected chi connectivity index (χ0v) is 13.6. The van der Waals surface area contributed by atoms with Gasteiger partial charge in [-0.3, -0.25) is 0 Å². The van der Waals surface area contributed by atoms with Gasteiger partial charge in [0.1, 0.15) is 0 Å². The first-order valence-corrected chi connectivity index (χ1v) is 7.98. The molecule has 0 saturated carbocycles. The van der Waals surface area contributed by atoms with Crippen molar-refractivity contribution in [3.05, 3.63) is 22.4 Å². The van der Waals surface area contributed by atoms with Crippen molar-refractivity contribution >= 4 is 23.2 Å². The Kier molecular flexibility index (Phi) is 5.32. The fourth-order valence-corrected chi connectivity index (χ4v) is 2.47. The summed E-state index contributed by atoms with van der Waals surface area (Å²) in [5, 5.41) is 10.5. The number of thiophene rings is 1. The quantitative estimate of drug-likeness (QED) is 0.817. The van der Waals surface area contributed by atoms with E-state index in [1.54, 1.807) is 11.3 Å². The summed E-state index contributed by atoms with van der Waals surface area (Å²) < 4.78 is 5.57. The van der Waals surface area contributed by atoms with E-state index in [0.717, 1.165) is 6.54 Å². The molecular formula is C14H21N5OS. The summed E-state index contributed by atoms with van der Waals surface area (Å²) in [4.78, 5) is 12.9. The van der Waals surface area contributed by atoms with Gasteiger partial charge in [0, 0.05) is 6.54 Å². The van der Waals surface area contributed by atoms with Crippen LogP contribution in [-0.4, -0.2) is 27.6 Å². The number of hydrogen-bond acceptors (Lipinski definition) is 7. The lowest BCUT2D eigenvalue weighted by molar-refractivity contribution is 0.222. The molecule has 0 aliphatic rings. The molecule has 2 heterocycles. The zero-order valence-electron chi connectivity index (χ0n) is 12.8. The molecule has 2 N–H and O–H groups in total. The Morgan fingerprint density at radius 1 is 1.19 bits per heavy atom. The van der Waals surface area contributed by atoms with Gasteiger partial charge in [-0.05, 0) is 50.1 Å². The molecule has 0 fully saturated rings. The van der Waals surface area contributed by atoms with Crippen LogP contribution >= 0.6 is 11.3 Å². The number of nitrogens with zero attached hydrogens (tertiary/aromatic N) is 3. The van der Waals surface area contributed by atoms with Crippen molar-refractivity contribution in [3.8, 4) is 6.01 Å². The van der Waals surface area contributed by atoms with E-state index in [-0.39, 0.29) is 12.1 Å². The third kappa shape index (κ3) is 4.56. The van der Waals surface area contributed by atoms with Gasteiger partial charge in [-0.25, -0.2) is 0 Å². The van der Waals surface area contributed by atoms with Gasteiger partial charge < -0.3 is 15.4 Å². The molecule has 0 aromatic carbocycles. The number of nitrogens with one attached hydrogen (secondary N) is 2. The first kappa shape index (κ1) is 15.5. The molecule has 0 aliphatic carbocycles. The number of anilines is 2. The summed E-state index contributed by atoms with van der Waals surface area (Å²) in [5.74, 6) is 1.03. The molecule has 1 atom stereocenters. The van der Waals surface area contributed by atoms with Crippen LogP contribution in [0.4, 0.5) is 11.9 Å². The van der Waals surface area contributed by atoms with Crippen LogP contribution in [0.2, 0.25) is 0 Å². The minimum absolute atomic E-state index is 0.0176. The molecule has 6 nitrogen and oxygen atoms in total. The van der Waals surface area contributed by atoms with Gasteiger partial charge in [-0.15, -0.1) is 0 Å². The summed E-state index contributed by atoms with van der Waals surface area (Å²) in [6, 6.07) is 2.54. The second-order valence-corrected chi connectivity index (χ2v) is 5.66. The maximum Gasteiger partial charge on any atom is 0.323 e. The molecular weight excluding hydrogens is 286 g/mol. The van der Waals surface area contributed by atoms with Gasteiger partial charge in [-0.1, -0.05) is 0 Å². The van der Waals surface area contributed by atoms with Gasteiger partial charge >= 0.3 is 6.01 Å². The molecule has 2 rings (SSSR count). The average Bonchev–Trinajstić information content (AvgIpc) is 2.91. The maximum absolute atomic E-state index is 5.57. The molecule has 0 spiro atoms. The summed E-state index contributed by atoms with van der Waals surface area (Å²) in [7, 11) is 0. The van der Waals surface area contributed by atoms with E-state index in [2.05, 4.69) is 49.3 Å². The van der Waals surface area contributed by atoms with Gasteiger partial charge in [0.25, 0.3) is 0 Å². The molecule has 0 saturated heterocycles. The number of hydrogen-bond donors (Lipinski definition) is 2. The lowest BCUT2D eigenvalue weighted by atomic mass is 10.2.